The van der Waals surface area contributed by atoms with E-state index in [2.05, 4.69) is 34.6 Å². The van der Waals surface area contributed by atoms with Crippen LogP contribution in [0, 0.1) is 6.92 Å². The van der Waals surface area contributed by atoms with Gasteiger partial charge in [-0.1, -0.05) is 24.3 Å². The highest BCUT2D eigenvalue weighted by atomic mass is 16.2. The summed E-state index contributed by atoms with van der Waals surface area (Å²) < 4.78 is 0. The number of rotatable bonds is 3. The van der Waals surface area contributed by atoms with Crippen LogP contribution in [0.25, 0.3) is 0 Å². The highest BCUT2D eigenvalue weighted by molar-refractivity contribution is 6.39. The number of amides is 3. The van der Waals surface area contributed by atoms with Gasteiger partial charge in [0.1, 0.15) is 0 Å². The molecule has 0 saturated carbocycles. The van der Waals surface area contributed by atoms with Gasteiger partial charge in [0.25, 0.3) is 0 Å². The zero-order valence-corrected chi connectivity index (χ0v) is 19.4. The number of likely N-dealkylation sites (tertiary alicyclic amines) is 2. The molecule has 2 aliphatic rings. The van der Waals surface area contributed by atoms with Crippen LogP contribution in [0.15, 0.2) is 42.7 Å². The number of anilines is 1. The van der Waals surface area contributed by atoms with Crippen molar-refractivity contribution in [2.45, 2.75) is 57.9 Å². The van der Waals surface area contributed by atoms with E-state index in [0.29, 0.717) is 18.2 Å². The summed E-state index contributed by atoms with van der Waals surface area (Å²) in [4.78, 5) is 45.2. The van der Waals surface area contributed by atoms with Crippen LogP contribution in [0.3, 0.4) is 0 Å². The lowest BCUT2D eigenvalue weighted by Gasteiger charge is -2.36. The molecule has 4 rings (SSSR count). The molecule has 2 fully saturated rings. The summed E-state index contributed by atoms with van der Waals surface area (Å²) >= 11 is 0. The molecule has 174 valence electrons. The molecule has 1 N–H and O–H groups in total. The Hall–Kier alpha value is -3.22. The third kappa shape index (κ3) is 5.41. The molecular formula is C26H32N4O3. The number of hydrogen-bond donors (Lipinski definition) is 1. The highest BCUT2D eigenvalue weighted by Gasteiger charge is 2.32. The summed E-state index contributed by atoms with van der Waals surface area (Å²) in [5.41, 5.74) is 3.78. The van der Waals surface area contributed by atoms with Gasteiger partial charge in [-0.15, -0.1) is 0 Å². The quantitative estimate of drug-likeness (QED) is 0.724. The van der Waals surface area contributed by atoms with E-state index < -0.39 is 11.8 Å². The maximum absolute atomic E-state index is 13.1. The van der Waals surface area contributed by atoms with Crippen LogP contribution in [-0.2, 0) is 14.4 Å². The third-order valence-corrected chi connectivity index (χ3v) is 6.80. The zero-order chi connectivity index (χ0) is 23.4. The van der Waals surface area contributed by atoms with E-state index in [1.807, 2.05) is 11.8 Å². The third-order valence-electron chi connectivity index (χ3n) is 6.80. The van der Waals surface area contributed by atoms with E-state index >= 15 is 0 Å². The minimum atomic E-state index is -0.623. The van der Waals surface area contributed by atoms with E-state index in [-0.39, 0.29) is 11.9 Å². The second-order valence-electron chi connectivity index (χ2n) is 9.17. The van der Waals surface area contributed by atoms with Crippen molar-refractivity contribution in [1.82, 2.24) is 14.8 Å². The molecule has 3 amide bonds. The van der Waals surface area contributed by atoms with E-state index in [0.717, 1.165) is 56.3 Å². The summed E-state index contributed by atoms with van der Waals surface area (Å²) in [5, 5.41) is 2.70. The number of nitrogens with zero attached hydrogens (tertiary/aromatic N) is 3. The van der Waals surface area contributed by atoms with Crippen LogP contribution in [-0.4, -0.2) is 52.1 Å². The molecule has 1 atom stereocenters. The van der Waals surface area contributed by atoms with Crippen LogP contribution in [0.1, 0.15) is 67.7 Å². The Balaban J connectivity index is 1.48. The lowest BCUT2D eigenvalue weighted by atomic mass is 9.86. The Morgan fingerprint density at radius 1 is 0.970 bits per heavy atom. The summed E-state index contributed by atoms with van der Waals surface area (Å²) in [6, 6.07) is 10.2. The van der Waals surface area contributed by atoms with Crippen molar-refractivity contribution in [1.29, 1.82) is 0 Å². The molecule has 1 unspecified atom stereocenters. The van der Waals surface area contributed by atoms with Gasteiger partial charge in [0.2, 0.25) is 5.91 Å². The van der Waals surface area contributed by atoms with Crippen molar-refractivity contribution in [3.05, 3.63) is 59.4 Å². The normalized spacial score (nSPS) is 19.3. The van der Waals surface area contributed by atoms with Gasteiger partial charge >= 0.3 is 11.8 Å². The molecule has 1 aromatic carbocycles. The SMILES string of the molecule is CC(=O)N1CCC(c2cccc(C3CCCCN3C(=O)C(=O)Nc3cncc(C)c3)c2)CC1. The van der Waals surface area contributed by atoms with Gasteiger partial charge < -0.3 is 15.1 Å². The lowest BCUT2D eigenvalue weighted by Crippen LogP contribution is -2.44. The number of carbonyl (C=O) groups excluding carboxylic acids is 3. The number of hydrogen-bond acceptors (Lipinski definition) is 4. The summed E-state index contributed by atoms with van der Waals surface area (Å²) in [7, 11) is 0. The first-order valence-corrected chi connectivity index (χ1v) is 11.8. The standard InChI is InChI=1S/C26H32N4O3/c1-18-14-23(17-27-16-18)28-25(32)26(33)30-11-4-3-8-24(30)22-7-5-6-21(15-22)20-9-12-29(13-10-20)19(2)31/h5-7,14-17,20,24H,3-4,8-13H2,1-2H3,(H,28,32). The van der Waals surface area contributed by atoms with Crippen molar-refractivity contribution in [3.8, 4) is 0 Å². The maximum Gasteiger partial charge on any atom is 0.313 e. The van der Waals surface area contributed by atoms with Crippen molar-refractivity contribution < 1.29 is 14.4 Å². The van der Waals surface area contributed by atoms with Gasteiger partial charge in [-0.25, -0.2) is 0 Å². The van der Waals surface area contributed by atoms with Gasteiger partial charge in [-0.2, -0.15) is 0 Å². The number of aromatic nitrogens is 1. The molecule has 3 heterocycles. The van der Waals surface area contributed by atoms with Crippen LogP contribution in [0.4, 0.5) is 5.69 Å². The first-order chi connectivity index (χ1) is 15.9. The van der Waals surface area contributed by atoms with E-state index in [1.165, 1.54) is 5.56 Å². The molecule has 0 radical (unpaired) electrons. The zero-order valence-electron chi connectivity index (χ0n) is 19.4. The molecule has 33 heavy (non-hydrogen) atoms. The maximum atomic E-state index is 13.1. The fourth-order valence-electron chi connectivity index (χ4n) is 5.01. The molecule has 0 bridgehead atoms. The Kier molecular flexibility index (Phi) is 7.06. The average Bonchev–Trinajstić information content (AvgIpc) is 2.83. The van der Waals surface area contributed by atoms with Gasteiger partial charge in [0, 0.05) is 32.8 Å². The predicted molar refractivity (Wildman–Crippen MR) is 127 cm³/mol. The first-order valence-electron chi connectivity index (χ1n) is 11.8. The molecule has 2 aromatic rings. The molecule has 0 spiro atoms. The molecule has 1 aromatic heterocycles. The van der Waals surface area contributed by atoms with Gasteiger partial charge in [-0.3, -0.25) is 19.4 Å². The topological polar surface area (TPSA) is 82.6 Å². The van der Waals surface area contributed by atoms with Crippen molar-refractivity contribution in [3.63, 3.8) is 0 Å². The van der Waals surface area contributed by atoms with Crippen LogP contribution < -0.4 is 5.32 Å². The average molecular weight is 449 g/mol. The summed E-state index contributed by atoms with van der Waals surface area (Å²) in [6.45, 7) is 5.66. The minimum absolute atomic E-state index is 0.107. The van der Waals surface area contributed by atoms with E-state index in [1.54, 1.807) is 30.3 Å². The number of piperidine rings is 2. The molecule has 7 nitrogen and oxygen atoms in total. The molecule has 0 aliphatic carbocycles. The van der Waals surface area contributed by atoms with Crippen LogP contribution >= 0.6 is 0 Å². The van der Waals surface area contributed by atoms with Crippen molar-refractivity contribution >= 4 is 23.4 Å². The second-order valence-corrected chi connectivity index (χ2v) is 9.17. The number of benzene rings is 1. The Morgan fingerprint density at radius 3 is 2.45 bits per heavy atom. The smallest absolute Gasteiger partial charge is 0.313 e. The molecule has 7 heteroatoms. The van der Waals surface area contributed by atoms with Gasteiger partial charge in [0.05, 0.1) is 17.9 Å². The predicted octanol–water partition coefficient (Wildman–Crippen LogP) is 3.81. The highest BCUT2D eigenvalue weighted by Crippen LogP contribution is 2.35. The van der Waals surface area contributed by atoms with Crippen molar-refractivity contribution in [2.24, 2.45) is 0 Å². The number of carbonyl (C=O) groups is 3. The molecular weight excluding hydrogens is 416 g/mol. The summed E-state index contributed by atoms with van der Waals surface area (Å²) in [6.07, 6.45) is 7.91. The fourth-order valence-corrected chi connectivity index (χ4v) is 5.01. The molecule has 2 saturated heterocycles. The Labute approximate surface area is 195 Å². The molecule has 2 aliphatic heterocycles. The summed E-state index contributed by atoms with van der Waals surface area (Å²) in [5.74, 6) is -0.577. The van der Waals surface area contributed by atoms with E-state index in [9.17, 15) is 14.4 Å². The Morgan fingerprint density at radius 2 is 1.73 bits per heavy atom. The van der Waals surface area contributed by atoms with Crippen LogP contribution in [0.5, 0.6) is 0 Å². The van der Waals surface area contributed by atoms with E-state index in [4.69, 9.17) is 0 Å². The Bertz CT molecular complexity index is 1030. The second kappa shape index (κ2) is 10.1. The lowest BCUT2D eigenvalue weighted by molar-refractivity contribution is -0.145. The number of nitrogens with one attached hydrogen (secondary N) is 1. The largest absolute Gasteiger partial charge is 0.343 e. The first kappa shape index (κ1) is 23.0. The minimum Gasteiger partial charge on any atom is -0.343 e. The van der Waals surface area contributed by atoms with Gasteiger partial charge in [-0.05, 0) is 67.7 Å². The van der Waals surface area contributed by atoms with Crippen molar-refractivity contribution in [2.75, 3.05) is 25.0 Å². The number of aryl methyl sites for hydroxylation is 1. The monoisotopic (exact) mass is 448 g/mol. The van der Waals surface area contributed by atoms with Gasteiger partial charge in [0.15, 0.2) is 0 Å². The number of pyridine rings is 1. The van der Waals surface area contributed by atoms with Crippen LogP contribution in [0.2, 0.25) is 0 Å². The fraction of sp³-hybridized carbons (Fsp3) is 0.462.